The van der Waals surface area contributed by atoms with Crippen molar-refractivity contribution in [3.8, 4) is 6.07 Å². The van der Waals surface area contributed by atoms with Gasteiger partial charge in [-0.05, 0) is 26.7 Å². The molecule has 0 aliphatic carbocycles. The lowest BCUT2D eigenvalue weighted by atomic mass is 9.70. The summed E-state index contributed by atoms with van der Waals surface area (Å²) in [4.78, 5) is 0. The van der Waals surface area contributed by atoms with E-state index in [1.165, 1.54) is 0 Å². The van der Waals surface area contributed by atoms with Crippen LogP contribution < -0.4 is 0 Å². The molecule has 1 N–H and O–H groups in total. The molecule has 86 valence electrons. The molecule has 2 unspecified atom stereocenters. The van der Waals surface area contributed by atoms with E-state index in [0.717, 1.165) is 6.42 Å². The predicted octanol–water partition coefficient (Wildman–Crippen LogP) is 1.09. The number of rotatable bonds is 4. The third-order valence-electron chi connectivity index (χ3n) is 3.07. The van der Waals surface area contributed by atoms with Crippen molar-refractivity contribution in [3.63, 3.8) is 0 Å². The molecule has 1 aliphatic rings. The molecule has 0 bridgehead atoms. The monoisotopic (exact) mass is 213 g/mol. The van der Waals surface area contributed by atoms with E-state index >= 15 is 0 Å². The molecule has 1 aliphatic heterocycles. The van der Waals surface area contributed by atoms with Crippen molar-refractivity contribution in [1.29, 1.82) is 5.26 Å². The van der Waals surface area contributed by atoms with Gasteiger partial charge in [0.25, 0.3) is 0 Å². The summed E-state index contributed by atoms with van der Waals surface area (Å²) in [5, 5.41) is 19.5. The largest absolute Gasteiger partial charge is 0.386 e. The van der Waals surface area contributed by atoms with Crippen molar-refractivity contribution in [1.82, 2.24) is 0 Å². The van der Waals surface area contributed by atoms with E-state index in [0.29, 0.717) is 26.2 Å². The molecular weight excluding hydrogens is 194 g/mol. The molecule has 4 nitrogen and oxygen atoms in total. The molecule has 1 rings (SSSR count). The van der Waals surface area contributed by atoms with E-state index in [2.05, 4.69) is 6.07 Å². The Morgan fingerprint density at radius 3 is 2.87 bits per heavy atom. The lowest BCUT2D eigenvalue weighted by Crippen LogP contribution is -2.53. The number of hydrogen-bond donors (Lipinski definition) is 1. The first-order valence-corrected chi connectivity index (χ1v) is 5.37. The van der Waals surface area contributed by atoms with Crippen LogP contribution in [-0.4, -0.2) is 37.1 Å². The molecule has 1 heterocycles. The highest BCUT2D eigenvalue weighted by Crippen LogP contribution is 2.38. The Kier molecular flexibility index (Phi) is 4.09. The zero-order valence-electron chi connectivity index (χ0n) is 9.45. The molecule has 0 aromatic carbocycles. The fourth-order valence-corrected chi connectivity index (χ4v) is 1.87. The number of aliphatic hydroxyl groups is 1. The summed E-state index contributed by atoms with van der Waals surface area (Å²) >= 11 is 0. The summed E-state index contributed by atoms with van der Waals surface area (Å²) < 4.78 is 10.5. The summed E-state index contributed by atoms with van der Waals surface area (Å²) in [6, 6.07) is 2.21. The first kappa shape index (κ1) is 12.4. The fourth-order valence-electron chi connectivity index (χ4n) is 1.87. The van der Waals surface area contributed by atoms with Gasteiger partial charge in [-0.3, -0.25) is 0 Å². The minimum Gasteiger partial charge on any atom is -0.386 e. The van der Waals surface area contributed by atoms with Crippen molar-refractivity contribution >= 4 is 0 Å². The molecule has 0 spiro atoms. The van der Waals surface area contributed by atoms with Gasteiger partial charge in [-0.2, -0.15) is 5.26 Å². The zero-order chi connectivity index (χ0) is 11.4. The maximum Gasteiger partial charge on any atom is 0.111 e. The van der Waals surface area contributed by atoms with Crippen LogP contribution >= 0.6 is 0 Å². The van der Waals surface area contributed by atoms with Gasteiger partial charge in [-0.25, -0.2) is 0 Å². The van der Waals surface area contributed by atoms with Crippen molar-refractivity contribution < 1.29 is 14.6 Å². The fraction of sp³-hybridized carbons (Fsp3) is 0.909. The summed E-state index contributed by atoms with van der Waals surface area (Å²) in [5.74, 6) is 0. The zero-order valence-corrected chi connectivity index (χ0v) is 9.45. The highest BCUT2D eigenvalue weighted by atomic mass is 16.5. The summed E-state index contributed by atoms with van der Waals surface area (Å²) in [7, 11) is 0. The van der Waals surface area contributed by atoms with E-state index in [1.54, 1.807) is 6.92 Å². The van der Waals surface area contributed by atoms with Crippen molar-refractivity contribution in [2.24, 2.45) is 5.41 Å². The Morgan fingerprint density at radius 2 is 2.40 bits per heavy atom. The minimum atomic E-state index is -1.14. The van der Waals surface area contributed by atoms with Gasteiger partial charge in [0.15, 0.2) is 0 Å². The first-order valence-electron chi connectivity index (χ1n) is 5.37. The quantitative estimate of drug-likeness (QED) is 0.759. The Balaban J connectivity index is 2.74. The molecule has 0 aromatic heterocycles. The van der Waals surface area contributed by atoms with Crippen LogP contribution in [0.25, 0.3) is 0 Å². The Labute approximate surface area is 90.8 Å². The lowest BCUT2D eigenvalue weighted by molar-refractivity contribution is -0.140. The number of ether oxygens (including phenoxy) is 2. The van der Waals surface area contributed by atoms with E-state index in [1.807, 2.05) is 6.92 Å². The van der Waals surface area contributed by atoms with E-state index in [9.17, 15) is 10.4 Å². The number of nitriles is 1. The van der Waals surface area contributed by atoms with Crippen LogP contribution in [0, 0.1) is 16.7 Å². The van der Waals surface area contributed by atoms with Crippen LogP contribution in [0.4, 0.5) is 0 Å². The first-order chi connectivity index (χ1) is 7.08. The molecule has 2 atom stereocenters. The van der Waals surface area contributed by atoms with Gasteiger partial charge in [0.05, 0.1) is 19.3 Å². The van der Waals surface area contributed by atoms with Crippen molar-refractivity contribution in [3.05, 3.63) is 0 Å². The molecular formula is C11H19NO3. The lowest BCUT2D eigenvalue weighted by Gasteiger charge is -2.42. The smallest absolute Gasteiger partial charge is 0.111 e. The standard InChI is InChI=1S/C11H19NO3/c1-3-14-8-10(2,13)11(7-12)5-4-6-15-9-11/h13H,3-6,8-9H2,1-2H3. The van der Waals surface area contributed by atoms with Crippen molar-refractivity contribution in [2.45, 2.75) is 32.3 Å². The summed E-state index contributed by atoms with van der Waals surface area (Å²) in [6.45, 7) is 5.21. The second-order valence-corrected chi connectivity index (χ2v) is 4.26. The van der Waals surface area contributed by atoms with Gasteiger partial charge in [-0.1, -0.05) is 0 Å². The van der Waals surface area contributed by atoms with Gasteiger partial charge in [-0.15, -0.1) is 0 Å². The molecule has 4 heteroatoms. The number of nitrogens with zero attached hydrogens (tertiary/aromatic N) is 1. The summed E-state index contributed by atoms with van der Waals surface area (Å²) in [5.41, 5.74) is -1.96. The molecule has 1 saturated heterocycles. The van der Waals surface area contributed by atoms with E-state index in [-0.39, 0.29) is 6.61 Å². The van der Waals surface area contributed by atoms with Gasteiger partial charge in [0.2, 0.25) is 0 Å². The normalized spacial score (nSPS) is 30.5. The number of hydrogen-bond acceptors (Lipinski definition) is 4. The highest BCUT2D eigenvalue weighted by Gasteiger charge is 2.49. The third kappa shape index (κ3) is 2.49. The molecule has 15 heavy (non-hydrogen) atoms. The molecule has 0 saturated carbocycles. The van der Waals surface area contributed by atoms with Crippen LogP contribution in [0.3, 0.4) is 0 Å². The SMILES string of the molecule is CCOCC(C)(O)C1(C#N)CCCOC1. The molecule has 0 aromatic rings. The van der Waals surface area contributed by atoms with Gasteiger partial charge < -0.3 is 14.6 Å². The maximum absolute atomic E-state index is 10.3. The average Bonchev–Trinajstić information content (AvgIpc) is 2.27. The van der Waals surface area contributed by atoms with Crippen molar-refractivity contribution in [2.75, 3.05) is 26.4 Å². The van der Waals surface area contributed by atoms with E-state index < -0.39 is 11.0 Å². The molecule has 0 amide bonds. The van der Waals surface area contributed by atoms with Gasteiger partial charge >= 0.3 is 0 Å². The minimum absolute atomic E-state index is 0.181. The van der Waals surface area contributed by atoms with Crippen LogP contribution in [-0.2, 0) is 9.47 Å². The molecule has 0 radical (unpaired) electrons. The second-order valence-electron chi connectivity index (χ2n) is 4.26. The van der Waals surface area contributed by atoms with E-state index in [4.69, 9.17) is 9.47 Å². The Morgan fingerprint density at radius 1 is 1.67 bits per heavy atom. The predicted molar refractivity (Wildman–Crippen MR) is 55.2 cm³/mol. The average molecular weight is 213 g/mol. The topological polar surface area (TPSA) is 62.5 Å². The highest BCUT2D eigenvalue weighted by molar-refractivity contribution is 5.11. The maximum atomic E-state index is 10.3. The van der Waals surface area contributed by atoms with Crippen LogP contribution in [0.1, 0.15) is 26.7 Å². The third-order valence-corrected chi connectivity index (χ3v) is 3.07. The van der Waals surface area contributed by atoms with Crippen LogP contribution in [0.2, 0.25) is 0 Å². The second kappa shape index (κ2) is 4.93. The van der Waals surface area contributed by atoms with Crippen LogP contribution in [0.15, 0.2) is 0 Å². The van der Waals surface area contributed by atoms with Gasteiger partial charge in [0.1, 0.15) is 11.0 Å². The molecule has 1 fully saturated rings. The van der Waals surface area contributed by atoms with Crippen LogP contribution in [0.5, 0.6) is 0 Å². The Bertz CT molecular complexity index is 239. The summed E-state index contributed by atoms with van der Waals surface area (Å²) in [6.07, 6.45) is 1.49. The van der Waals surface area contributed by atoms with Gasteiger partial charge in [0, 0.05) is 13.2 Å². The Hall–Kier alpha value is -0.630.